The van der Waals surface area contributed by atoms with Crippen molar-refractivity contribution in [1.29, 1.82) is 0 Å². The van der Waals surface area contributed by atoms with E-state index < -0.39 is 17.6 Å². The second kappa shape index (κ2) is 10.2. The number of ether oxygens (including phenoxy) is 1. The van der Waals surface area contributed by atoms with Gasteiger partial charge in [-0.1, -0.05) is 12.1 Å². The molecule has 0 saturated carbocycles. The van der Waals surface area contributed by atoms with Gasteiger partial charge in [0.2, 0.25) is 11.8 Å². The van der Waals surface area contributed by atoms with Crippen LogP contribution in [0.25, 0.3) is 5.57 Å². The van der Waals surface area contributed by atoms with Gasteiger partial charge in [0, 0.05) is 29.1 Å². The summed E-state index contributed by atoms with van der Waals surface area (Å²) in [4.78, 5) is 27.7. The summed E-state index contributed by atoms with van der Waals surface area (Å²) in [6.45, 7) is 1.06. The van der Waals surface area contributed by atoms with E-state index in [-0.39, 0.29) is 37.0 Å². The highest BCUT2D eigenvalue weighted by molar-refractivity contribution is 6.05. The highest BCUT2D eigenvalue weighted by atomic mass is 19.4. The molecular weight excluding hydrogens is 487 g/mol. The number of carbonyl (C=O) groups is 2. The Labute approximate surface area is 212 Å². The molecule has 37 heavy (non-hydrogen) atoms. The van der Waals surface area contributed by atoms with Crippen molar-refractivity contribution in [1.82, 2.24) is 4.90 Å². The topological polar surface area (TPSA) is 90.9 Å². The van der Waals surface area contributed by atoms with E-state index in [4.69, 9.17) is 4.74 Å². The molecule has 3 N–H and O–H groups in total. The van der Waals surface area contributed by atoms with Crippen LogP contribution >= 0.6 is 0 Å². The van der Waals surface area contributed by atoms with Gasteiger partial charge in [0.15, 0.2) is 0 Å². The summed E-state index contributed by atoms with van der Waals surface area (Å²) >= 11 is 0. The molecule has 0 bridgehead atoms. The van der Waals surface area contributed by atoms with Crippen molar-refractivity contribution in [3.05, 3.63) is 59.2 Å². The van der Waals surface area contributed by atoms with Gasteiger partial charge in [0.1, 0.15) is 5.75 Å². The molecule has 1 saturated heterocycles. The number of nitrogens with zero attached hydrogens (tertiary/aromatic N) is 1. The zero-order valence-corrected chi connectivity index (χ0v) is 20.1. The predicted octanol–water partition coefficient (Wildman–Crippen LogP) is 4.22. The molecule has 196 valence electrons. The third kappa shape index (κ3) is 5.35. The van der Waals surface area contributed by atoms with Gasteiger partial charge in [-0.05, 0) is 74.1 Å². The van der Waals surface area contributed by atoms with Crippen LogP contribution in [0.4, 0.5) is 24.5 Å². The Balaban J connectivity index is 1.31. The van der Waals surface area contributed by atoms with Crippen LogP contribution in [0.3, 0.4) is 0 Å². The lowest BCUT2D eigenvalue weighted by molar-refractivity contribution is -0.137. The Bertz CT molecular complexity index is 1240. The molecule has 2 atom stereocenters. The summed E-state index contributed by atoms with van der Waals surface area (Å²) in [5, 5.41) is 15.4. The summed E-state index contributed by atoms with van der Waals surface area (Å²) in [6, 6.07) is 8.28. The summed E-state index contributed by atoms with van der Waals surface area (Å²) in [5.74, 6) is -0.448. The SMILES string of the molecule is O=C(C=C1CCCOc2cc(C(F)(F)F)ccc21)Nc1ccc2c(c1)NC(=O)C(N1CCC[C@H]1CO)C2. The first-order chi connectivity index (χ1) is 17.7. The minimum atomic E-state index is -4.48. The number of likely N-dealkylation sites (tertiary alicyclic amines) is 1. The number of aliphatic hydroxyl groups is 1. The maximum atomic E-state index is 13.1. The fourth-order valence-electron chi connectivity index (χ4n) is 5.35. The number of aliphatic hydroxyl groups excluding tert-OH is 1. The van der Waals surface area contributed by atoms with Crippen molar-refractivity contribution in [2.45, 2.75) is 50.4 Å². The second-order valence-corrected chi connectivity index (χ2v) is 9.62. The van der Waals surface area contributed by atoms with Crippen molar-refractivity contribution in [3.63, 3.8) is 0 Å². The van der Waals surface area contributed by atoms with Gasteiger partial charge >= 0.3 is 6.18 Å². The fourth-order valence-corrected chi connectivity index (χ4v) is 5.35. The summed E-state index contributed by atoms with van der Waals surface area (Å²) in [5.41, 5.74) is 2.32. The van der Waals surface area contributed by atoms with Crippen molar-refractivity contribution >= 4 is 28.8 Å². The average molecular weight is 516 g/mol. The molecule has 3 heterocycles. The molecule has 0 radical (unpaired) electrons. The Kier molecular flexibility index (Phi) is 6.96. The number of halogens is 3. The molecule has 2 aromatic carbocycles. The third-order valence-electron chi connectivity index (χ3n) is 7.19. The minimum Gasteiger partial charge on any atom is -0.493 e. The van der Waals surface area contributed by atoms with E-state index in [2.05, 4.69) is 15.5 Å². The molecule has 2 aromatic rings. The van der Waals surface area contributed by atoms with Crippen LogP contribution in [-0.4, -0.2) is 53.7 Å². The molecule has 7 nitrogen and oxygen atoms in total. The van der Waals surface area contributed by atoms with E-state index in [9.17, 15) is 27.9 Å². The number of hydrogen-bond acceptors (Lipinski definition) is 5. The second-order valence-electron chi connectivity index (χ2n) is 9.62. The molecule has 3 aliphatic heterocycles. The van der Waals surface area contributed by atoms with Gasteiger partial charge < -0.3 is 20.5 Å². The lowest BCUT2D eigenvalue weighted by atomic mass is 9.96. The molecule has 2 amide bonds. The molecule has 3 aliphatic rings. The smallest absolute Gasteiger partial charge is 0.416 e. The van der Waals surface area contributed by atoms with Gasteiger partial charge in [0.05, 0.1) is 24.8 Å². The first kappa shape index (κ1) is 25.3. The van der Waals surface area contributed by atoms with Gasteiger partial charge in [0.25, 0.3) is 0 Å². The maximum absolute atomic E-state index is 13.1. The number of hydrogen-bond donors (Lipinski definition) is 3. The number of nitrogens with one attached hydrogen (secondary N) is 2. The molecule has 0 aliphatic carbocycles. The van der Waals surface area contributed by atoms with E-state index in [0.717, 1.165) is 37.1 Å². The standard InChI is InChI=1S/C27H28F3N3O4/c28-27(29,30)18-6-8-21-16(3-2-10-37-24(21)13-18)12-25(35)31-19-7-5-17-11-23(26(36)32-22(17)14-19)33-9-1-4-20(33)15-34/h5-8,12-14,20,23,34H,1-4,9-11,15H2,(H,31,35)(H,32,36)/t20-,23?/m0/s1. The number of carbonyl (C=O) groups excluding carboxylic acids is 2. The zero-order chi connectivity index (χ0) is 26.2. The number of alkyl halides is 3. The first-order valence-corrected chi connectivity index (χ1v) is 12.4. The van der Waals surface area contributed by atoms with Crippen molar-refractivity contribution in [2.75, 3.05) is 30.4 Å². The number of anilines is 2. The Morgan fingerprint density at radius 2 is 2.05 bits per heavy atom. The summed E-state index contributed by atoms with van der Waals surface area (Å²) < 4.78 is 44.9. The summed E-state index contributed by atoms with van der Waals surface area (Å²) in [6.07, 6.45) is 0.289. The molecule has 1 unspecified atom stereocenters. The van der Waals surface area contributed by atoms with E-state index >= 15 is 0 Å². The van der Waals surface area contributed by atoms with Crippen molar-refractivity contribution < 1.29 is 32.6 Å². The Hall–Kier alpha value is -3.37. The summed E-state index contributed by atoms with van der Waals surface area (Å²) in [7, 11) is 0. The lowest BCUT2D eigenvalue weighted by Gasteiger charge is -2.34. The molecule has 0 aromatic heterocycles. The van der Waals surface area contributed by atoms with E-state index in [1.165, 1.54) is 12.1 Å². The molecule has 0 spiro atoms. The lowest BCUT2D eigenvalue weighted by Crippen LogP contribution is -2.50. The Morgan fingerprint density at radius 1 is 1.22 bits per heavy atom. The van der Waals surface area contributed by atoms with Crippen LogP contribution in [0.1, 0.15) is 42.4 Å². The predicted molar refractivity (Wildman–Crippen MR) is 132 cm³/mol. The van der Waals surface area contributed by atoms with E-state index in [0.29, 0.717) is 41.8 Å². The van der Waals surface area contributed by atoms with Crippen LogP contribution in [0, 0.1) is 0 Å². The van der Waals surface area contributed by atoms with Crippen LogP contribution in [0.2, 0.25) is 0 Å². The van der Waals surface area contributed by atoms with Crippen LogP contribution < -0.4 is 15.4 Å². The third-order valence-corrected chi connectivity index (χ3v) is 7.19. The van der Waals surface area contributed by atoms with E-state index in [1.54, 1.807) is 12.1 Å². The number of rotatable bonds is 4. The van der Waals surface area contributed by atoms with Crippen molar-refractivity contribution in [3.8, 4) is 5.75 Å². The molecule has 5 rings (SSSR count). The maximum Gasteiger partial charge on any atom is 0.416 e. The highest BCUT2D eigenvalue weighted by Crippen LogP contribution is 2.38. The first-order valence-electron chi connectivity index (χ1n) is 12.4. The van der Waals surface area contributed by atoms with Gasteiger partial charge in [-0.2, -0.15) is 13.2 Å². The fraction of sp³-hybridized carbons (Fsp3) is 0.407. The number of allylic oxidation sites excluding steroid dienone is 1. The van der Waals surface area contributed by atoms with Gasteiger partial charge in [-0.15, -0.1) is 0 Å². The molecular formula is C27H28F3N3O4. The zero-order valence-electron chi connectivity index (χ0n) is 20.1. The molecule has 1 fully saturated rings. The Morgan fingerprint density at radius 3 is 2.84 bits per heavy atom. The van der Waals surface area contributed by atoms with Crippen LogP contribution in [0.5, 0.6) is 5.75 Å². The normalized spacial score (nSPS) is 23.0. The minimum absolute atomic E-state index is 0.0107. The largest absolute Gasteiger partial charge is 0.493 e. The number of amides is 2. The van der Waals surface area contributed by atoms with Crippen LogP contribution in [0.15, 0.2) is 42.5 Å². The number of fused-ring (bicyclic) bond motifs is 2. The highest BCUT2D eigenvalue weighted by Gasteiger charge is 2.37. The molecule has 10 heteroatoms. The average Bonchev–Trinajstić information content (AvgIpc) is 3.24. The number of benzene rings is 2. The quantitative estimate of drug-likeness (QED) is 0.531. The van der Waals surface area contributed by atoms with Gasteiger partial charge in [-0.25, -0.2) is 0 Å². The van der Waals surface area contributed by atoms with Gasteiger partial charge in [-0.3, -0.25) is 14.5 Å². The van der Waals surface area contributed by atoms with E-state index in [1.807, 2.05) is 6.07 Å². The van der Waals surface area contributed by atoms with Crippen LogP contribution in [-0.2, 0) is 22.2 Å². The monoisotopic (exact) mass is 515 g/mol. The van der Waals surface area contributed by atoms with Crippen molar-refractivity contribution in [2.24, 2.45) is 0 Å².